The molecule has 0 bridgehead atoms. The first-order valence-electron chi connectivity index (χ1n) is 12.2. The van der Waals surface area contributed by atoms with Crippen LogP contribution in [0, 0.1) is 0 Å². The minimum atomic E-state index is -1.38. The molecule has 1 N–H and O–H groups in total. The van der Waals surface area contributed by atoms with Gasteiger partial charge in [0, 0.05) is 10.9 Å². The van der Waals surface area contributed by atoms with Gasteiger partial charge >= 0.3 is 5.63 Å². The van der Waals surface area contributed by atoms with E-state index in [-0.39, 0.29) is 5.76 Å². The van der Waals surface area contributed by atoms with Crippen LogP contribution in [-0.4, -0.2) is 5.11 Å². The van der Waals surface area contributed by atoms with Gasteiger partial charge in [0.15, 0.2) is 11.5 Å². The van der Waals surface area contributed by atoms with E-state index in [1.807, 2.05) is 91.0 Å². The average molecular weight is 493 g/mol. The Hall–Kier alpha value is -4.35. The smallest absolute Gasteiger partial charge is 0.343 e. The second kappa shape index (κ2) is 10.3. The molecule has 37 heavy (non-hydrogen) atoms. The maximum Gasteiger partial charge on any atom is 0.343 e. The van der Waals surface area contributed by atoms with Gasteiger partial charge in [-0.15, -0.1) is 0 Å². The predicted molar refractivity (Wildman–Crippen MR) is 145 cm³/mol. The molecule has 0 aliphatic heterocycles. The van der Waals surface area contributed by atoms with Gasteiger partial charge in [-0.3, -0.25) is 0 Å². The maximum atomic E-state index is 12.7. The zero-order valence-electron chi connectivity index (χ0n) is 20.8. The Balaban J connectivity index is 1.61. The average Bonchev–Trinajstić information content (AvgIpc) is 2.91. The molecule has 0 saturated carbocycles. The van der Waals surface area contributed by atoms with Gasteiger partial charge in [-0.2, -0.15) is 0 Å². The van der Waals surface area contributed by atoms with E-state index in [1.54, 1.807) is 26.0 Å². The molecule has 0 fully saturated rings. The molecule has 0 atom stereocenters. The lowest BCUT2D eigenvalue weighted by atomic mass is 9.92. The molecule has 5 aromatic rings. The van der Waals surface area contributed by atoms with Crippen LogP contribution in [0.5, 0.6) is 11.5 Å². The Morgan fingerprint density at radius 2 is 1.24 bits per heavy atom. The lowest BCUT2D eigenvalue weighted by Crippen LogP contribution is -2.20. The van der Waals surface area contributed by atoms with E-state index >= 15 is 0 Å². The van der Waals surface area contributed by atoms with Gasteiger partial charge in [0.1, 0.15) is 24.6 Å². The summed E-state index contributed by atoms with van der Waals surface area (Å²) in [5.41, 5.74) is 1.58. The summed E-state index contributed by atoms with van der Waals surface area (Å²) in [6.45, 7) is 3.95. The summed E-state index contributed by atoms with van der Waals surface area (Å²) in [5.74, 6) is 1.34. The Labute approximate surface area is 215 Å². The number of hydrogen-bond donors (Lipinski definition) is 1. The summed E-state index contributed by atoms with van der Waals surface area (Å²) in [7, 11) is 0. The van der Waals surface area contributed by atoms with Gasteiger partial charge in [-0.1, -0.05) is 84.9 Å². The Morgan fingerprint density at radius 1 is 0.703 bits per heavy atom. The molecule has 5 rings (SSSR count). The number of benzene rings is 4. The van der Waals surface area contributed by atoms with Gasteiger partial charge in [0.05, 0.1) is 5.39 Å². The van der Waals surface area contributed by atoms with Crippen LogP contribution in [0.25, 0.3) is 21.9 Å². The van der Waals surface area contributed by atoms with E-state index in [9.17, 15) is 9.90 Å². The van der Waals surface area contributed by atoms with E-state index < -0.39 is 11.2 Å². The van der Waals surface area contributed by atoms with Gasteiger partial charge in [0.25, 0.3) is 0 Å². The van der Waals surface area contributed by atoms with E-state index in [2.05, 4.69) is 0 Å². The molecule has 0 unspecified atom stereocenters. The van der Waals surface area contributed by atoms with Crippen LogP contribution in [0.2, 0.25) is 0 Å². The monoisotopic (exact) mass is 492 g/mol. The first kappa shape index (κ1) is 24.3. The lowest BCUT2D eigenvalue weighted by Gasteiger charge is -2.22. The lowest BCUT2D eigenvalue weighted by molar-refractivity contribution is 0.0521. The third kappa shape index (κ3) is 5.42. The highest BCUT2D eigenvalue weighted by Crippen LogP contribution is 2.40. The standard InChI is InChI=1S/C32H28O5/c1-32(2,34)30-29(25-15-9-10-16-26(25)31(33)37-30)24-17-18-27(35-20-22-11-5-3-6-12-22)28(19-24)36-21-23-13-7-4-8-14-23/h3-19,34H,20-21H2,1-2H3. The van der Waals surface area contributed by atoms with Gasteiger partial charge in [0.2, 0.25) is 0 Å². The zero-order chi connectivity index (χ0) is 25.8. The number of ether oxygens (including phenoxy) is 2. The SMILES string of the molecule is CC(C)(O)c1oc(=O)c2ccccc2c1-c1ccc(OCc2ccccc2)c(OCc2ccccc2)c1. The summed E-state index contributed by atoms with van der Waals surface area (Å²) in [5, 5.41) is 12.1. The zero-order valence-corrected chi connectivity index (χ0v) is 20.8. The van der Waals surface area contributed by atoms with Gasteiger partial charge in [-0.25, -0.2) is 4.79 Å². The molecule has 4 aromatic carbocycles. The highest BCUT2D eigenvalue weighted by Gasteiger charge is 2.28. The molecule has 186 valence electrons. The fraction of sp³-hybridized carbons (Fsp3) is 0.156. The molecular formula is C32H28O5. The quantitative estimate of drug-likeness (QED) is 0.257. The van der Waals surface area contributed by atoms with Crippen LogP contribution < -0.4 is 15.1 Å². The van der Waals surface area contributed by atoms with Crippen molar-refractivity contribution in [3.8, 4) is 22.6 Å². The summed E-state index contributed by atoms with van der Waals surface area (Å²) < 4.78 is 18.1. The summed E-state index contributed by atoms with van der Waals surface area (Å²) >= 11 is 0. The van der Waals surface area contributed by atoms with E-state index in [0.717, 1.165) is 16.7 Å². The van der Waals surface area contributed by atoms with Crippen LogP contribution in [0.3, 0.4) is 0 Å². The van der Waals surface area contributed by atoms with Crippen LogP contribution in [0.1, 0.15) is 30.7 Å². The van der Waals surface area contributed by atoms with Crippen molar-refractivity contribution >= 4 is 10.8 Å². The van der Waals surface area contributed by atoms with E-state index in [4.69, 9.17) is 13.9 Å². The topological polar surface area (TPSA) is 68.9 Å². The molecule has 1 aromatic heterocycles. The van der Waals surface area contributed by atoms with Gasteiger partial charge in [-0.05, 0) is 48.7 Å². The molecule has 0 saturated heterocycles. The normalized spacial score (nSPS) is 11.4. The van der Waals surface area contributed by atoms with Gasteiger partial charge < -0.3 is 19.0 Å². The Morgan fingerprint density at radius 3 is 1.84 bits per heavy atom. The number of rotatable bonds is 8. The largest absolute Gasteiger partial charge is 0.485 e. The van der Waals surface area contributed by atoms with Crippen molar-refractivity contribution in [2.24, 2.45) is 0 Å². The van der Waals surface area contributed by atoms with Crippen molar-refractivity contribution in [2.45, 2.75) is 32.7 Å². The first-order valence-corrected chi connectivity index (χ1v) is 12.2. The van der Waals surface area contributed by atoms with Crippen molar-refractivity contribution in [1.29, 1.82) is 0 Å². The summed E-state index contributed by atoms with van der Waals surface area (Å²) in [4.78, 5) is 12.7. The highest BCUT2D eigenvalue weighted by atomic mass is 16.5. The molecular weight excluding hydrogens is 464 g/mol. The van der Waals surface area contributed by atoms with Crippen LogP contribution in [0.15, 0.2) is 112 Å². The fourth-order valence-electron chi connectivity index (χ4n) is 4.28. The highest BCUT2D eigenvalue weighted by molar-refractivity contribution is 5.97. The van der Waals surface area contributed by atoms with Crippen molar-refractivity contribution in [2.75, 3.05) is 0 Å². The summed E-state index contributed by atoms with van der Waals surface area (Å²) in [6.07, 6.45) is 0. The van der Waals surface area contributed by atoms with Crippen molar-refractivity contribution in [1.82, 2.24) is 0 Å². The molecule has 5 nitrogen and oxygen atoms in total. The first-order chi connectivity index (χ1) is 17.9. The molecule has 5 heteroatoms. The molecule has 0 aliphatic carbocycles. The van der Waals surface area contributed by atoms with Crippen molar-refractivity contribution in [3.63, 3.8) is 0 Å². The third-order valence-corrected chi connectivity index (χ3v) is 6.10. The summed E-state index contributed by atoms with van der Waals surface area (Å²) in [6, 6.07) is 32.7. The predicted octanol–water partition coefficient (Wildman–Crippen LogP) is 6.85. The van der Waals surface area contributed by atoms with Crippen LogP contribution >= 0.6 is 0 Å². The van der Waals surface area contributed by atoms with Crippen molar-refractivity contribution < 1.29 is 19.0 Å². The minimum absolute atomic E-state index is 0.197. The molecule has 0 radical (unpaired) electrons. The maximum absolute atomic E-state index is 12.7. The number of aliphatic hydroxyl groups is 1. The van der Waals surface area contributed by atoms with E-state index in [1.165, 1.54) is 0 Å². The number of fused-ring (bicyclic) bond motifs is 1. The fourth-order valence-corrected chi connectivity index (χ4v) is 4.28. The minimum Gasteiger partial charge on any atom is -0.485 e. The van der Waals surface area contributed by atoms with Crippen LogP contribution in [-0.2, 0) is 18.8 Å². The molecule has 0 amide bonds. The molecule has 0 aliphatic rings. The Kier molecular flexibility index (Phi) is 6.80. The van der Waals surface area contributed by atoms with Crippen molar-refractivity contribution in [3.05, 3.63) is 130 Å². The number of hydrogen-bond acceptors (Lipinski definition) is 5. The molecule has 1 heterocycles. The third-order valence-electron chi connectivity index (χ3n) is 6.10. The van der Waals surface area contributed by atoms with E-state index in [0.29, 0.717) is 41.0 Å². The molecule has 0 spiro atoms. The second-order valence-electron chi connectivity index (χ2n) is 9.41. The van der Waals surface area contributed by atoms with Crippen LogP contribution in [0.4, 0.5) is 0 Å². The Bertz CT molecular complexity index is 1560. The second-order valence-corrected chi connectivity index (χ2v) is 9.41.